The van der Waals surface area contributed by atoms with E-state index in [0.29, 0.717) is 11.2 Å². The summed E-state index contributed by atoms with van der Waals surface area (Å²) in [5, 5.41) is 0.835. The smallest absolute Gasteiger partial charge is 0.268 e. The van der Waals surface area contributed by atoms with Crippen LogP contribution in [0.5, 0.6) is 0 Å². The molecule has 206 valence electrons. The van der Waals surface area contributed by atoms with Gasteiger partial charge in [0.05, 0.1) is 32.8 Å². The highest BCUT2D eigenvalue weighted by atomic mass is 32.2. The van der Waals surface area contributed by atoms with Gasteiger partial charge in [-0.05, 0) is 68.3 Å². The van der Waals surface area contributed by atoms with Crippen molar-refractivity contribution < 1.29 is 8.42 Å². The maximum absolute atomic E-state index is 14.4. The van der Waals surface area contributed by atoms with Crippen LogP contribution in [0.3, 0.4) is 0 Å². The van der Waals surface area contributed by atoms with Crippen LogP contribution in [0.1, 0.15) is 16.7 Å². The van der Waals surface area contributed by atoms with E-state index in [2.05, 4.69) is 29.7 Å². The van der Waals surface area contributed by atoms with Crippen LogP contribution in [-0.4, -0.2) is 21.9 Å². The molecule has 0 saturated carbocycles. The van der Waals surface area contributed by atoms with Crippen molar-refractivity contribution in [3.63, 3.8) is 0 Å². The predicted molar refractivity (Wildman–Crippen MR) is 171 cm³/mol. The minimum atomic E-state index is -3.94. The number of imidazole rings is 1. The summed E-state index contributed by atoms with van der Waals surface area (Å²) in [4.78, 5) is 5.30. The van der Waals surface area contributed by atoms with Gasteiger partial charge in [0.1, 0.15) is 5.82 Å². The van der Waals surface area contributed by atoms with Crippen LogP contribution in [0, 0.1) is 20.8 Å². The summed E-state index contributed by atoms with van der Waals surface area (Å²) in [6.07, 6.45) is 0. The lowest BCUT2D eigenvalue weighted by atomic mass is 10.1. The second kappa shape index (κ2) is 9.86. The number of nitrogens with zero attached hydrogens (tertiary/aromatic N) is 3. The first-order valence-corrected chi connectivity index (χ1v) is 15.3. The van der Waals surface area contributed by atoms with Gasteiger partial charge in [-0.1, -0.05) is 96.1 Å². The molecule has 2 aromatic heterocycles. The Morgan fingerprint density at radius 3 is 1.98 bits per heavy atom. The van der Waals surface area contributed by atoms with Gasteiger partial charge in [-0.15, -0.1) is 0 Å². The summed E-state index contributed by atoms with van der Waals surface area (Å²) >= 11 is 0. The molecule has 0 aliphatic heterocycles. The van der Waals surface area contributed by atoms with Crippen molar-refractivity contribution >= 4 is 32.0 Å². The number of rotatable bonds is 5. The predicted octanol–water partition coefficient (Wildman–Crippen LogP) is 8.48. The molecule has 5 aromatic carbocycles. The van der Waals surface area contributed by atoms with E-state index < -0.39 is 10.0 Å². The molecule has 0 amide bonds. The van der Waals surface area contributed by atoms with Gasteiger partial charge in [0.25, 0.3) is 10.0 Å². The summed E-state index contributed by atoms with van der Waals surface area (Å²) in [5.74, 6) is 0.804. The zero-order valence-electron chi connectivity index (χ0n) is 23.6. The topological polar surface area (TPSA) is 56.9 Å². The number of fused-ring (bicyclic) bond motifs is 2. The van der Waals surface area contributed by atoms with Crippen LogP contribution >= 0.6 is 0 Å². The Morgan fingerprint density at radius 2 is 1.26 bits per heavy atom. The fourth-order valence-electron chi connectivity index (χ4n) is 5.68. The van der Waals surface area contributed by atoms with Gasteiger partial charge in [-0.3, -0.25) is 4.57 Å². The molecule has 7 aromatic rings. The number of hydrogen-bond acceptors (Lipinski definition) is 3. The van der Waals surface area contributed by atoms with Gasteiger partial charge < -0.3 is 0 Å². The summed E-state index contributed by atoms with van der Waals surface area (Å²) < 4.78 is 32.5. The first-order chi connectivity index (χ1) is 20.3. The van der Waals surface area contributed by atoms with Crippen LogP contribution < -0.4 is 0 Å². The molecule has 0 spiro atoms. The Balaban J connectivity index is 1.61. The van der Waals surface area contributed by atoms with E-state index in [-0.39, 0.29) is 4.90 Å². The molecule has 6 heteroatoms. The molecule has 0 atom stereocenters. The number of benzene rings is 5. The third-order valence-electron chi connectivity index (χ3n) is 7.84. The summed E-state index contributed by atoms with van der Waals surface area (Å²) in [7, 11) is -3.94. The molecular formula is C36H29N3O2S. The Morgan fingerprint density at radius 1 is 0.619 bits per heavy atom. The lowest BCUT2D eigenvalue weighted by Gasteiger charge is -2.16. The maximum Gasteiger partial charge on any atom is 0.268 e. The first-order valence-electron chi connectivity index (χ1n) is 13.9. The van der Waals surface area contributed by atoms with Gasteiger partial charge in [-0.2, -0.15) is 0 Å². The second-order valence-corrected chi connectivity index (χ2v) is 12.6. The van der Waals surface area contributed by atoms with Gasteiger partial charge in [0.15, 0.2) is 0 Å². The average Bonchev–Trinajstić information content (AvgIpc) is 3.58. The number of para-hydroxylation sites is 2. The molecule has 7 rings (SSSR count). The monoisotopic (exact) mass is 567 g/mol. The molecular weight excluding hydrogens is 538 g/mol. The summed E-state index contributed by atoms with van der Waals surface area (Å²) in [6.45, 7) is 6.04. The molecule has 0 saturated heterocycles. The lowest BCUT2D eigenvalue weighted by Crippen LogP contribution is -2.14. The van der Waals surface area contributed by atoms with Crippen molar-refractivity contribution in [2.24, 2.45) is 0 Å². The van der Waals surface area contributed by atoms with E-state index in [1.54, 1.807) is 12.1 Å². The quantitative estimate of drug-likeness (QED) is 0.210. The SMILES string of the molecule is Cc1ccc(-c2cc3c(-n4c(-c5ccccc5)nc5ccccc54)c(C)ccc3n2S(=O)(=O)c2ccc(C)cc2)cc1. The van der Waals surface area contributed by atoms with Crippen molar-refractivity contribution in [2.45, 2.75) is 25.7 Å². The normalized spacial score (nSPS) is 11.9. The summed E-state index contributed by atoms with van der Waals surface area (Å²) in [5.41, 5.74) is 8.91. The van der Waals surface area contributed by atoms with Crippen molar-refractivity contribution in [3.05, 3.63) is 138 Å². The van der Waals surface area contributed by atoms with Crippen molar-refractivity contribution in [2.75, 3.05) is 0 Å². The van der Waals surface area contributed by atoms with Gasteiger partial charge in [0.2, 0.25) is 0 Å². The van der Waals surface area contributed by atoms with Gasteiger partial charge >= 0.3 is 0 Å². The third-order valence-corrected chi connectivity index (χ3v) is 9.58. The molecule has 0 unspecified atom stereocenters. The van der Waals surface area contributed by atoms with E-state index in [0.717, 1.165) is 55.7 Å². The van der Waals surface area contributed by atoms with E-state index in [1.165, 1.54) is 3.97 Å². The fourth-order valence-corrected chi connectivity index (χ4v) is 7.21. The van der Waals surface area contributed by atoms with E-state index >= 15 is 0 Å². The molecule has 0 aliphatic rings. The van der Waals surface area contributed by atoms with Gasteiger partial charge in [0, 0.05) is 10.9 Å². The molecule has 0 radical (unpaired) electrons. The highest BCUT2D eigenvalue weighted by molar-refractivity contribution is 7.90. The van der Waals surface area contributed by atoms with E-state index in [9.17, 15) is 8.42 Å². The minimum absolute atomic E-state index is 0.249. The maximum atomic E-state index is 14.4. The second-order valence-electron chi connectivity index (χ2n) is 10.8. The molecule has 42 heavy (non-hydrogen) atoms. The zero-order valence-corrected chi connectivity index (χ0v) is 24.4. The van der Waals surface area contributed by atoms with E-state index in [1.807, 2.05) is 105 Å². The Kier molecular flexibility index (Phi) is 6.10. The van der Waals surface area contributed by atoms with Crippen LogP contribution in [0.25, 0.3) is 50.3 Å². The van der Waals surface area contributed by atoms with Crippen LogP contribution in [0.4, 0.5) is 0 Å². The van der Waals surface area contributed by atoms with Gasteiger partial charge in [-0.25, -0.2) is 17.4 Å². The fraction of sp³-hybridized carbons (Fsp3) is 0.0833. The minimum Gasteiger partial charge on any atom is -0.291 e. The van der Waals surface area contributed by atoms with Crippen molar-refractivity contribution in [1.82, 2.24) is 13.5 Å². The number of aryl methyl sites for hydroxylation is 3. The number of aromatic nitrogens is 3. The first kappa shape index (κ1) is 26.0. The van der Waals surface area contributed by atoms with Crippen LogP contribution in [-0.2, 0) is 10.0 Å². The zero-order chi connectivity index (χ0) is 29.0. The van der Waals surface area contributed by atoms with Crippen molar-refractivity contribution in [1.29, 1.82) is 0 Å². The van der Waals surface area contributed by atoms with E-state index in [4.69, 9.17) is 4.98 Å². The largest absolute Gasteiger partial charge is 0.291 e. The Labute approximate surface area is 245 Å². The van der Waals surface area contributed by atoms with Crippen LogP contribution in [0.2, 0.25) is 0 Å². The van der Waals surface area contributed by atoms with Crippen molar-refractivity contribution in [3.8, 4) is 28.3 Å². The molecule has 0 fully saturated rings. The Bertz CT molecular complexity index is 2210. The molecule has 0 bridgehead atoms. The number of hydrogen-bond donors (Lipinski definition) is 0. The molecule has 0 aliphatic carbocycles. The molecule has 0 N–H and O–H groups in total. The highest BCUT2D eigenvalue weighted by Crippen LogP contribution is 2.39. The highest BCUT2D eigenvalue weighted by Gasteiger charge is 2.27. The Hall–Kier alpha value is -4.94. The average molecular weight is 568 g/mol. The summed E-state index contributed by atoms with van der Waals surface area (Å²) in [6, 6.07) is 39.1. The molecule has 2 heterocycles. The third kappa shape index (κ3) is 4.14. The lowest BCUT2D eigenvalue weighted by molar-refractivity contribution is 0.589. The standard InChI is InChI=1S/C36H29N3O2S/c1-24-13-18-27(19-14-24)34-23-30-32(39(34)42(40,41)29-20-15-25(2)16-21-29)22-17-26(3)35(30)38-33-12-8-7-11-31(33)37-36(38)28-9-5-4-6-10-28/h4-23H,1-3H3. The van der Waals surface area contributed by atoms with Crippen LogP contribution in [0.15, 0.2) is 126 Å². The molecule has 5 nitrogen and oxygen atoms in total.